The molecular weight excluding hydrogens is 240 g/mol. The summed E-state index contributed by atoms with van der Waals surface area (Å²) in [6.07, 6.45) is 0.974. The van der Waals surface area contributed by atoms with Crippen LogP contribution in [0.2, 0.25) is 0 Å². The van der Waals surface area contributed by atoms with Crippen LogP contribution in [-0.4, -0.2) is 36.3 Å². The summed E-state index contributed by atoms with van der Waals surface area (Å²) in [7, 11) is 1.53. The second-order valence-electron chi connectivity index (χ2n) is 4.73. The summed E-state index contributed by atoms with van der Waals surface area (Å²) in [6.45, 7) is 4.56. The standard InChI is InChI=1S/C15H18N2O2/c1-11(12-6-4-3-5-7-12)10-16-13-8-9-14(18)17(2)15(13)19/h3-7,13,16H,1,8-10H2,2H3. The minimum atomic E-state index is -0.289. The smallest absolute Gasteiger partial charge is 0.246 e. The van der Waals surface area contributed by atoms with Crippen LogP contribution in [0.5, 0.6) is 0 Å². The van der Waals surface area contributed by atoms with Gasteiger partial charge in [0.1, 0.15) is 0 Å². The van der Waals surface area contributed by atoms with Crippen LogP contribution in [0.3, 0.4) is 0 Å². The predicted molar refractivity (Wildman–Crippen MR) is 74.3 cm³/mol. The molecule has 1 aliphatic heterocycles. The van der Waals surface area contributed by atoms with Crippen molar-refractivity contribution in [2.45, 2.75) is 18.9 Å². The van der Waals surface area contributed by atoms with Gasteiger partial charge in [0.05, 0.1) is 6.04 Å². The molecule has 0 radical (unpaired) electrons. The van der Waals surface area contributed by atoms with Crippen LogP contribution in [0.15, 0.2) is 36.9 Å². The molecule has 100 valence electrons. The normalized spacial score (nSPS) is 19.6. The van der Waals surface area contributed by atoms with Crippen LogP contribution in [0.4, 0.5) is 0 Å². The first-order chi connectivity index (χ1) is 9.09. The van der Waals surface area contributed by atoms with Gasteiger partial charge in [-0.05, 0) is 17.6 Å². The first-order valence-corrected chi connectivity index (χ1v) is 6.36. The third-order valence-electron chi connectivity index (χ3n) is 3.39. The van der Waals surface area contributed by atoms with Gasteiger partial charge in [-0.3, -0.25) is 14.5 Å². The van der Waals surface area contributed by atoms with Crippen LogP contribution >= 0.6 is 0 Å². The number of nitrogens with zero attached hydrogens (tertiary/aromatic N) is 1. The van der Waals surface area contributed by atoms with Crippen molar-refractivity contribution in [2.75, 3.05) is 13.6 Å². The summed E-state index contributed by atoms with van der Waals surface area (Å²) in [5.74, 6) is -0.262. The maximum atomic E-state index is 11.9. The van der Waals surface area contributed by atoms with E-state index in [1.165, 1.54) is 11.9 Å². The molecule has 1 heterocycles. The highest BCUT2D eigenvalue weighted by Crippen LogP contribution is 2.14. The summed E-state index contributed by atoms with van der Waals surface area (Å²) >= 11 is 0. The van der Waals surface area contributed by atoms with Gasteiger partial charge in [0.25, 0.3) is 0 Å². The lowest BCUT2D eigenvalue weighted by atomic mass is 10.0. The maximum Gasteiger partial charge on any atom is 0.246 e. The van der Waals surface area contributed by atoms with Gasteiger partial charge < -0.3 is 5.32 Å². The Kier molecular flexibility index (Phi) is 4.12. The number of benzene rings is 1. The Bertz CT molecular complexity index is 496. The molecule has 4 nitrogen and oxygen atoms in total. The van der Waals surface area contributed by atoms with Crippen LogP contribution < -0.4 is 5.32 Å². The zero-order valence-corrected chi connectivity index (χ0v) is 11.1. The highest BCUT2D eigenvalue weighted by Gasteiger charge is 2.31. The zero-order valence-electron chi connectivity index (χ0n) is 11.1. The van der Waals surface area contributed by atoms with Crippen molar-refractivity contribution in [3.05, 3.63) is 42.5 Å². The number of hydrogen-bond donors (Lipinski definition) is 1. The van der Waals surface area contributed by atoms with Gasteiger partial charge in [0, 0.05) is 20.0 Å². The summed E-state index contributed by atoms with van der Waals surface area (Å²) in [5, 5.41) is 3.18. The molecule has 1 saturated heterocycles. The lowest BCUT2D eigenvalue weighted by Gasteiger charge is -2.28. The Labute approximate surface area is 113 Å². The van der Waals surface area contributed by atoms with Crippen LogP contribution in [0, 0.1) is 0 Å². The molecule has 1 fully saturated rings. The molecule has 2 amide bonds. The molecule has 0 aromatic heterocycles. The van der Waals surface area contributed by atoms with E-state index in [2.05, 4.69) is 11.9 Å². The molecule has 2 rings (SSSR count). The fraction of sp³-hybridized carbons (Fsp3) is 0.333. The van der Waals surface area contributed by atoms with E-state index in [9.17, 15) is 9.59 Å². The molecule has 1 N–H and O–H groups in total. The Morgan fingerprint density at radius 2 is 2.05 bits per heavy atom. The van der Waals surface area contributed by atoms with Crippen molar-refractivity contribution in [1.29, 1.82) is 0 Å². The van der Waals surface area contributed by atoms with Gasteiger partial charge in [-0.25, -0.2) is 0 Å². The fourth-order valence-corrected chi connectivity index (χ4v) is 2.13. The molecule has 0 spiro atoms. The van der Waals surface area contributed by atoms with Crippen LogP contribution in [0.1, 0.15) is 18.4 Å². The Morgan fingerprint density at radius 3 is 2.74 bits per heavy atom. The summed E-state index contributed by atoms with van der Waals surface area (Å²) in [4.78, 5) is 24.5. The first kappa shape index (κ1) is 13.5. The van der Waals surface area contributed by atoms with E-state index in [-0.39, 0.29) is 17.9 Å². The van der Waals surface area contributed by atoms with E-state index in [0.717, 1.165) is 11.1 Å². The van der Waals surface area contributed by atoms with E-state index in [4.69, 9.17) is 0 Å². The van der Waals surface area contributed by atoms with Crippen molar-refractivity contribution in [3.63, 3.8) is 0 Å². The molecule has 1 atom stereocenters. The van der Waals surface area contributed by atoms with Gasteiger partial charge >= 0.3 is 0 Å². The highest BCUT2D eigenvalue weighted by atomic mass is 16.2. The van der Waals surface area contributed by atoms with E-state index in [0.29, 0.717) is 19.4 Å². The summed E-state index contributed by atoms with van der Waals surface area (Å²) < 4.78 is 0. The molecule has 1 aromatic rings. The third-order valence-corrected chi connectivity index (χ3v) is 3.39. The molecular formula is C15H18N2O2. The average molecular weight is 258 g/mol. The van der Waals surface area contributed by atoms with Gasteiger partial charge in [-0.2, -0.15) is 0 Å². The number of nitrogens with one attached hydrogen (secondary N) is 1. The molecule has 4 heteroatoms. The highest BCUT2D eigenvalue weighted by molar-refractivity contribution is 6.00. The number of likely N-dealkylation sites (N-methyl/N-ethyl adjacent to an activating group) is 1. The van der Waals surface area contributed by atoms with Crippen molar-refractivity contribution in [3.8, 4) is 0 Å². The first-order valence-electron chi connectivity index (χ1n) is 6.36. The number of piperidine rings is 1. The lowest BCUT2D eigenvalue weighted by Crippen LogP contribution is -2.51. The second kappa shape index (κ2) is 5.80. The van der Waals surface area contributed by atoms with Crippen molar-refractivity contribution in [1.82, 2.24) is 10.2 Å². The van der Waals surface area contributed by atoms with Crippen LogP contribution in [-0.2, 0) is 9.59 Å². The Hall–Kier alpha value is -1.94. The molecule has 0 aliphatic carbocycles. The number of hydrogen-bond acceptors (Lipinski definition) is 3. The van der Waals surface area contributed by atoms with E-state index in [1.807, 2.05) is 30.3 Å². The number of imide groups is 1. The van der Waals surface area contributed by atoms with Crippen LogP contribution in [0.25, 0.3) is 5.57 Å². The van der Waals surface area contributed by atoms with Gasteiger partial charge in [0.2, 0.25) is 11.8 Å². The van der Waals surface area contributed by atoms with E-state index < -0.39 is 0 Å². The fourth-order valence-electron chi connectivity index (χ4n) is 2.13. The summed E-state index contributed by atoms with van der Waals surface area (Å²) in [5.41, 5.74) is 2.00. The third kappa shape index (κ3) is 3.09. The quantitative estimate of drug-likeness (QED) is 0.831. The maximum absolute atomic E-state index is 11.9. The van der Waals surface area contributed by atoms with Gasteiger partial charge in [-0.1, -0.05) is 36.9 Å². The second-order valence-corrected chi connectivity index (χ2v) is 4.73. The summed E-state index contributed by atoms with van der Waals surface area (Å²) in [6, 6.07) is 9.56. The number of amides is 2. The minimum absolute atomic E-state index is 0.107. The Balaban J connectivity index is 1.91. The van der Waals surface area contributed by atoms with Crippen molar-refractivity contribution >= 4 is 17.4 Å². The largest absolute Gasteiger partial charge is 0.302 e. The molecule has 1 unspecified atom stereocenters. The lowest BCUT2D eigenvalue weighted by molar-refractivity contribution is -0.147. The Morgan fingerprint density at radius 1 is 1.37 bits per heavy atom. The molecule has 0 bridgehead atoms. The monoisotopic (exact) mass is 258 g/mol. The number of carbonyl (C=O) groups excluding carboxylic acids is 2. The number of likely N-dealkylation sites (tertiary alicyclic amines) is 1. The topological polar surface area (TPSA) is 49.4 Å². The zero-order chi connectivity index (χ0) is 13.8. The molecule has 1 aliphatic rings. The van der Waals surface area contributed by atoms with Gasteiger partial charge in [0.15, 0.2) is 0 Å². The molecule has 0 saturated carbocycles. The predicted octanol–water partition coefficient (Wildman–Crippen LogP) is 1.44. The van der Waals surface area contributed by atoms with Crippen molar-refractivity contribution < 1.29 is 9.59 Å². The number of rotatable bonds is 4. The number of carbonyl (C=O) groups is 2. The van der Waals surface area contributed by atoms with E-state index in [1.54, 1.807) is 0 Å². The van der Waals surface area contributed by atoms with Gasteiger partial charge in [-0.15, -0.1) is 0 Å². The minimum Gasteiger partial charge on any atom is -0.302 e. The molecule has 1 aromatic carbocycles. The molecule has 19 heavy (non-hydrogen) atoms. The average Bonchev–Trinajstić information content (AvgIpc) is 2.45. The van der Waals surface area contributed by atoms with Crippen molar-refractivity contribution in [2.24, 2.45) is 0 Å². The van der Waals surface area contributed by atoms with E-state index >= 15 is 0 Å². The SMILES string of the molecule is C=C(CNC1CCC(=O)N(C)C1=O)c1ccccc1.